The van der Waals surface area contributed by atoms with Crippen LogP contribution >= 0.6 is 0 Å². The van der Waals surface area contributed by atoms with Gasteiger partial charge < -0.3 is 11.1 Å². The van der Waals surface area contributed by atoms with E-state index in [0.717, 1.165) is 11.3 Å². The number of nitrogens with two attached hydrogens (primary N) is 1. The van der Waals surface area contributed by atoms with Gasteiger partial charge in [-0.25, -0.2) is 17.9 Å². The van der Waals surface area contributed by atoms with E-state index in [4.69, 9.17) is 5.73 Å². The quantitative estimate of drug-likeness (QED) is 0.588. The van der Waals surface area contributed by atoms with Crippen molar-refractivity contribution in [2.45, 2.75) is 38.5 Å². The predicted molar refractivity (Wildman–Crippen MR) is 112 cm³/mol. The Morgan fingerprint density at radius 3 is 2.43 bits per heavy atom. The molecule has 0 radical (unpaired) electrons. The maximum Gasteiger partial charge on any atom is 0.254 e. The highest BCUT2D eigenvalue weighted by Crippen LogP contribution is 2.19. The molecule has 0 bridgehead atoms. The molecule has 0 fully saturated rings. The van der Waals surface area contributed by atoms with Crippen molar-refractivity contribution in [1.29, 1.82) is 0 Å². The van der Waals surface area contributed by atoms with Gasteiger partial charge in [0.2, 0.25) is 5.91 Å². The largest absolute Gasteiger partial charge is 0.365 e. The van der Waals surface area contributed by atoms with Gasteiger partial charge in [0.1, 0.15) is 5.56 Å². The number of fused-ring (bicyclic) bond motifs is 1. The van der Waals surface area contributed by atoms with Crippen LogP contribution in [0.2, 0.25) is 0 Å². The molecule has 9 nitrogen and oxygen atoms in total. The molecule has 2 heterocycles. The molecule has 30 heavy (non-hydrogen) atoms. The second-order valence-electron chi connectivity index (χ2n) is 6.90. The van der Waals surface area contributed by atoms with Gasteiger partial charge >= 0.3 is 0 Å². The molecule has 10 heteroatoms. The van der Waals surface area contributed by atoms with Crippen LogP contribution in [0.25, 0.3) is 5.65 Å². The van der Waals surface area contributed by atoms with Crippen LogP contribution in [0.4, 0.5) is 5.69 Å². The fourth-order valence-corrected chi connectivity index (χ4v) is 4.10. The van der Waals surface area contributed by atoms with E-state index < -0.39 is 15.7 Å². The first-order valence-electron chi connectivity index (χ1n) is 9.40. The van der Waals surface area contributed by atoms with Gasteiger partial charge in [0.15, 0.2) is 15.5 Å². The summed E-state index contributed by atoms with van der Waals surface area (Å²) in [5.74, 6) is -0.785. The number of rotatable bonds is 7. The Morgan fingerprint density at radius 2 is 1.83 bits per heavy atom. The SMILES string of the molecule is CCS(=O)(=O)c1ccc(NC(=O)CCc2c(C)nc3c(C(N)=O)cnn3c2C)cc1. The molecule has 2 amide bonds. The molecular weight excluding hydrogens is 406 g/mol. The summed E-state index contributed by atoms with van der Waals surface area (Å²) in [4.78, 5) is 28.5. The number of benzene rings is 1. The third-order valence-corrected chi connectivity index (χ3v) is 6.70. The lowest BCUT2D eigenvalue weighted by atomic mass is 10.1. The van der Waals surface area contributed by atoms with Crippen molar-refractivity contribution in [2.75, 3.05) is 11.1 Å². The Balaban J connectivity index is 1.72. The smallest absolute Gasteiger partial charge is 0.254 e. The number of nitrogens with one attached hydrogen (secondary N) is 1. The van der Waals surface area contributed by atoms with Gasteiger partial charge in [-0.15, -0.1) is 0 Å². The summed E-state index contributed by atoms with van der Waals surface area (Å²) in [6.45, 7) is 5.24. The van der Waals surface area contributed by atoms with Gasteiger partial charge in [-0.3, -0.25) is 9.59 Å². The number of hydrogen-bond donors (Lipinski definition) is 2. The van der Waals surface area contributed by atoms with E-state index in [0.29, 0.717) is 23.4 Å². The Bertz CT molecular complexity index is 1230. The molecule has 0 atom stereocenters. The number of nitrogens with zero attached hydrogens (tertiary/aromatic N) is 3. The number of anilines is 1. The molecule has 3 rings (SSSR count). The number of carbonyl (C=O) groups is 2. The molecule has 1 aromatic carbocycles. The van der Waals surface area contributed by atoms with E-state index in [2.05, 4.69) is 15.4 Å². The summed E-state index contributed by atoms with van der Waals surface area (Å²) < 4.78 is 25.3. The Hall–Kier alpha value is -3.27. The number of amides is 2. The zero-order valence-corrected chi connectivity index (χ0v) is 17.8. The third-order valence-electron chi connectivity index (χ3n) is 4.95. The van der Waals surface area contributed by atoms with Gasteiger partial charge in [-0.2, -0.15) is 5.10 Å². The minimum Gasteiger partial charge on any atom is -0.365 e. The molecule has 3 aromatic rings. The van der Waals surface area contributed by atoms with E-state index in [9.17, 15) is 18.0 Å². The standard InChI is InChI=1S/C20H23N5O4S/c1-4-30(28,29)15-7-5-14(6-8-15)24-18(26)10-9-16-12(2)23-20-17(19(21)27)11-22-25(20)13(16)3/h5-8,11H,4,9-10H2,1-3H3,(H2,21,27)(H,24,26). The Kier molecular flexibility index (Phi) is 5.88. The molecule has 0 unspecified atom stereocenters. The molecule has 0 aliphatic carbocycles. The summed E-state index contributed by atoms with van der Waals surface area (Å²) in [7, 11) is -3.28. The van der Waals surface area contributed by atoms with Crippen LogP contribution in [-0.4, -0.2) is 40.6 Å². The fraction of sp³-hybridized carbons (Fsp3) is 0.300. The summed E-state index contributed by atoms with van der Waals surface area (Å²) >= 11 is 0. The lowest BCUT2D eigenvalue weighted by molar-refractivity contribution is -0.116. The van der Waals surface area contributed by atoms with Gasteiger partial charge in [0.05, 0.1) is 16.8 Å². The van der Waals surface area contributed by atoms with Crippen LogP contribution in [0.15, 0.2) is 35.4 Å². The van der Waals surface area contributed by atoms with Crippen molar-refractivity contribution in [1.82, 2.24) is 14.6 Å². The van der Waals surface area contributed by atoms with Crippen LogP contribution in [0, 0.1) is 13.8 Å². The summed E-state index contributed by atoms with van der Waals surface area (Å²) in [6, 6.07) is 6.10. The van der Waals surface area contributed by atoms with E-state index in [1.54, 1.807) is 23.6 Å². The lowest BCUT2D eigenvalue weighted by Crippen LogP contribution is -2.15. The monoisotopic (exact) mass is 429 g/mol. The number of primary amides is 1. The van der Waals surface area contributed by atoms with E-state index in [-0.39, 0.29) is 28.5 Å². The average Bonchev–Trinajstić information content (AvgIpc) is 3.12. The molecule has 0 aliphatic heterocycles. The van der Waals surface area contributed by atoms with Crippen LogP contribution < -0.4 is 11.1 Å². The van der Waals surface area contributed by atoms with Crippen molar-refractivity contribution in [2.24, 2.45) is 5.73 Å². The van der Waals surface area contributed by atoms with Crippen molar-refractivity contribution in [3.63, 3.8) is 0 Å². The van der Waals surface area contributed by atoms with Crippen molar-refractivity contribution in [3.8, 4) is 0 Å². The molecule has 0 saturated heterocycles. The molecule has 0 aliphatic rings. The van der Waals surface area contributed by atoms with E-state index in [1.807, 2.05) is 13.8 Å². The number of aromatic nitrogens is 3. The number of carbonyl (C=O) groups excluding carboxylic acids is 2. The number of hydrogen-bond acceptors (Lipinski definition) is 6. The first kappa shape index (κ1) is 21.4. The molecule has 0 saturated carbocycles. The summed E-state index contributed by atoms with van der Waals surface area (Å²) in [6.07, 6.45) is 2.02. The van der Waals surface area contributed by atoms with Crippen LogP contribution in [-0.2, 0) is 21.1 Å². The van der Waals surface area contributed by atoms with E-state index in [1.165, 1.54) is 18.3 Å². The highest BCUT2D eigenvalue weighted by Gasteiger charge is 2.17. The minimum absolute atomic E-state index is 0.0208. The zero-order chi connectivity index (χ0) is 22.1. The Morgan fingerprint density at radius 1 is 1.17 bits per heavy atom. The second-order valence-corrected chi connectivity index (χ2v) is 9.17. The van der Waals surface area contributed by atoms with Crippen molar-refractivity contribution >= 4 is 33.0 Å². The van der Waals surface area contributed by atoms with Crippen LogP contribution in [0.1, 0.15) is 40.7 Å². The van der Waals surface area contributed by atoms with Crippen LogP contribution in [0.3, 0.4) is 0 Å². The van der Waals surface area contributed by atoms with Gasteiger partial charge in [0, 0.05) is 23.5 Å². The topological polar surface area (TPSA) is 137 Å². The van der Waals surface area contributed by atoms with Gasteiger partial charge in [-0.05, 0) is 50.1 Å². The zero-order valence-electron chi connectivity index (χ0n) is 17.0. The lowest BCUT2D eigenvalue weighted by Gasteiger charge is -2.12. The highest BCUT2D eigenvalue weighted by molar-refractivity contribution is 7.91. The molecule has 0 spiro atoms. The maximum atomic E-state index is 12.4. The minimum atomic E-state index is -3.28. The highest BCUT2D eigenvalue weighted by atomic mass is 32.2. The van der Waals surface area contributed by atoms with Crippen LogP contribution in [0.5, 0.6) is 0 Å². The maximum absolute atomic E-state index is 12.4. The Labute approximate surface area is 174 Å². The van der Waals surface area contributed by atoms with Crippen molar-refractivity contribution in [3.05, 3.63) is 53.0 Å². The summed E-state index contributed by atoms with van der Waals surface area (Å²) in [5, 5.41) is 6.94. The molecule has 2 aromatic heterocycles. The normalized spacial score (nSPS) is 11.6. The van der Waals surface area contributed by atoms with Crippen molar-refractivity contribution < 1.29 is 18.0 Å². The first-order valence-corrected chi connectivity index (χ1v) is 11.1. The molecule has 3 N–H and O–H groups in total. The van der Waals surface area contributed by atoms with E-state index >= 15 is 0 Å². The molecular formula is C20H23N5O4S. The predicted octanol–water partition coefficient (Wildman–Crippen LogP) is 1.81. The van der Waals surface area contributed by atoms with Gasteiger partial charge in [-0.1, -0.05) is 6.92 Å². The number of sulfone groups is 1. The average molecular weight is 430 g/mol. The first-order chi connectivity index (χ1) is 14.1. The summed E-state index contributed by atoms with van der Waals surface area (Å²) in [5.41, 5.74) is 8.87. The second kappa shape index (κ2) is 8.23. The molecule has 158 valence electrons. The number of aryl methyl sites for hydroxylation is 2. The third kappa shape index (κ3) is 4.18. The van der Waals surface area contributed by atoms with Gasteiger partial charge in [0.25, 0.3) is 5.91 Å². The fourth-order valence-electron chi connectivity index (χ4n) is 3.22.